The molecule has 0 aromatic heterocycles. The molecule has 0 heterocycles. The lowest BCUT2D eigenvalue weighted by atomic mass is 10.0. The van der Waals surface area contributed by atoms with Crippen molar-refractivity contribution in [1.82, 2.24) is 0 Å². The van der Waals surface area contributed by atoms with E-state index in [9.17, 15) is 29.3 Å². The van der Waals surface area contributed by atoms with Gasteiger partial charge in [0.05, 0.1) is 7.11 Å². The van der Waals surface area contributed by atoms with Gasteiger partial charge in [-0.05, 0) is 42.8 Å². The van der Waals surface area contributed by atoms with E-state index in [4.69, 9.17) is 4.74 Å². The van der Waals surface area contributed by atoms with Gasteiger partial charge in [-0.2, -0.15) is 0 Å². The van der Waals surface area contributed by atoms with Gasteiger partial charge < -0.3 is 15.2 Å². The molecular formula is C17H16F5NO3S. The second-order valence-corrected chi connectivity index (χ2v) is 8.04. The van der Waals surface area contributed by atoms with Crippen LogP contribution in [0.4, 0.5) is 25.1 Å². The number of carbonyl (C=O) groups excluding carboxylic acids is 1. The van der Waals surface area contributed by atoms with Crippen LogP contribution in [0.2, 0.25) is 0 Å². The first-order valence-electron chi connectivity index (χ1n) is 7.41. The third-order valence-electron chi connectivity index (χ3n) is 3.56. The van der Waals surface area contributed by atoms with Crippen LogP contribution in [0.1, 0.15) is 15.9 Å². The molecule has 10 heteroatoms. The zero-order valence-electron chi connectivity index (χ0n) is 14.0. The Morgan fingerprint density at radius 1 is 1.19 bits per heavy atom. The zero-order valence-corrected chi connectivity index (χ0v) is 14.8. The van der Waals surface area contributed by atoms with Gasteiger partial charge in [-0.25, -0.2) is 0 Å². The number of hydrogen-bond acceptors (Lipinski definition) is 3. The van der Waals surface area contributed by atoms with Crippen LogP contribution < -0.4 is 10.1 Å². The fourth-order valence-corrected chi connectivity index (χ4v) is 2.91. The SMILES string of the molecule is C=CCc1cc(C(=O)Nc2ccc(S(F)(F)(F)(F)F)cc2)cc(OC)c1O. The van der Waals surface area contributed by atoms with Crippen molar-refractivity contribution < 1.29 is 34.1 Å². The maximum Gasteiger partial charge on any atom is 0.310 e. The van der Waals surface area contributed by atoms with Crippen molar-refractivity contribution in [3.05, 3.63) is 60.2 Å². The van der Waals surface area contributed by atoms with E-state index >= 15 is 0 Å². The molecule has 2 aromatic rings. The highest BCUT2D eigenvalue weighted by molar-refractivity contribution is 8.45. The van der Waals surface area contributed by atoms with Gasteiger partial charge in [0, 0.05) is 16.8 Å². The fraction of sp³-hybridized carbons (Fsp3) is 0.118. The predicted octanol–water partition coefficient (Wildman–Crippen LogP) is 6.04. The number of benzene rings is 2. The number of halogens is 5. The lowest BCUT2D eigenvalue weighted by Crippen LogP contribution is -2.13. The molecule has 4 nitrogen and oxygen atoms in total. The zero-order chi connectivity index (χ0) is 20.5. The summed E-state index contributed by atoms with van der Waals surface area (Å²) < 4.78 is 68.5. The van der Waals surface area contributed by atoms with Crippen LogP contribution in [0, 0.1) is 0 Å². The Morgan fingerprint density at radius 2 is 1.78 bits per heavy atom. The number of phenolic OH excluding ortho intramolecular Hbond substituents is 1. The van der Waals surface area contributed by atoms with Crippen molar-refractivity contribution in [2.75, 3.05) is 12.4 Å². The standard InChI is InChI=1S/C17H16F5NO3S/c1-3-4-11-9-12(10-15(26-2)16(11)24)17(25)23-13-5-7-14(8-6-13)27(18,19,20,21)22/h3,5-10,24H,1,4H2,2H3,(H,23,25). The number of phenols is 1. The van der Waals surface area contributed by atoms with E-state index in [1.54, 1.807) is 0 Å². The van der Waals surface area contributed by atoms with Crippen LogP contribution in [0.25, 0.3) is 0 Å². The topological polar surface area (TPSA) is 58.6 Å². The lowest BCUT2D eigenvalue weighted by molar-refractivity contribution is 0.102. The summed E-state index contributed by atoms with van der Waals surface area (Å²) in [7, 11) is -8.48. The molecule has 0 fully saturated rings. The molecule has 0 aliphatic rings. The highest BCUT2D eigenvalue weighted by Gasteiger charge is 2.65. The summed E-state index contributed by atoms with van der Waals surface area (Å²) in [6.45, 7) is 3.53. The van der Waals surface area contributed by atoms with Gasteiger partial charge in [0.1, 0.15) is 4.90 Å². The number of amides is 1. The minimum Gasteiger partial charge on any atom is -0.504 e. The number of methoxy groups -OCH3 is 1. The van der Waals surface area contributed by atoms with Crippen LogP contribution in [0.5, 0.6) is 11.5 Å². The molecule has 0 bridgehead atoms. The molecule has 148 valence electrons. The first-order chi connectivity index (χ1) is 12.2. The number of carbonyl (C=O) groups is 1. The molecule has 0 saturated heterocycles. The summed E-state index contributed by atoms with van der Waals surface area (Å²) >= 11 is 0. The van der Waals surface area contributed by atoms with Gasteiger partial charge in [0.25, 0.3) is 5.91 Å². The first kappa shape index (κ1) is 20.6. The molecule has 0 unspecified atom stereocenters. The molecule has 1 amide bonds. The van der Waals surface area contributed by atoms with Crippen molar-refractivity contribution in [2.24, 2.45) is 0 Å². The maximum atomic E-state index is 12.7. The van der Waals surface area contributed by atoms with Gasteiger partial charge in [-0.1, -0.05) is 25.5 Å². The summed E-state index contributed by atoms with van der Waals surface area (Å²) in [5, 5.41) is 12.3. The van der Waals surface area contributed by atoms with Gasteiger partial charge in [0.2, 0.25) is 0 Å². The fourth-order valence-electron chi connectivity index (χ4n) is 2.26. The minimum atomic E-state index is -9.77. The van der Waals surface area contributed by atoms with Crippen LogP contribution in [0.3, 0.4) is 0 Å². The molecule has 0 radical (unpaired) electrons. The Hall–Kier alpha value is -2.75. The van der Waals surface area contributed by atoms with Crippen molar-refractivity contribution in [1.29, 1.82) is 0 Å². The number of hydrogen-bond donors (Lipinski definition) is 2. The van der Waals surface area contributed by atoms with Crippen molar-refractivity contribution in [3.8, 4) is 11.5 Å². The number of nitrogens with one attached hydrogen (secondary N) is 1. The Morgan fingerprint density at radius 3 is 2.26 bits per heavy atom. The highest BCUT2D eigenvalue weighted by Crippen LogP contribution is 3.02. The Labute approximate surface area is 152 Å². The summed E-state index contributed by atoms with van der Waals surface area (Å²) in [6, 6.07) is 4.47. The molecule has 27 heavy (non-hydrogen) atoms. The quantitative estimate of drug-likeness (QED) is 0.452. The molecule has 0 atom stereocenters. The summed E-state index contributed by atoms with van der Waals surface area (Å²) in [5.41, 5.74) is 0.298. The molecular weight excluding hydrogens is 393 g/mol. The van der Waals surface area contributed by atoms with Crippen LogP contribution in [-0.4, -0.2) is 18.1 Å². The number of anilines is 1. The Bertz CT molecular complexity index is 896. The van der Waals surface area contributed by atoms with Crippen LogP contribution in [0.15, 0.2) is 53.9 Å². The van der Waals surface area contributed by atoms with E-state index in [-0.39, 0.29) is 41.3 Å². The second-order valence-electron chi connectivity index (χ2n) is 5.63. The Kier molecular flexibility index (Phi) is 4.69. The smallest absolute Gasteiger partial charge is 0.310 e. The van der Waals surface area contributed by atoms with E-state index in [1.165, 1.54) is 25.3 Å². The molecule has 0 aliphatic heterocycles. The van der Waals surface area contributed by atoms with Crippen molar-refractivity contribution in [2.45, 2.75) is 11.3 Å². The number of aromatic hydroxyl groups is 1. The maximum absolute atomic E-state index is 12.7. The first-order valence-corrected chi connectivity index (χ1v) is 9.36. The highest BCUT2D eigenvalue weighted by atomic mass is 32.5. The molecule has 0 spiro atoms. The summed E-state index contributed by atoms with van der Waals surface area (Å²) in [6.07, 6.45) is 1.73. The van der Waals surface area contributed by atoms with E-state index in [0.717, 1.165) is 12.1 Å². The van der Waals surface area contributed by atoms with Crippen LogP contribution in [-0.2, 0) is 6.42 Å². The van der Waals surface area contributed by atoms with E-state index in [2.05, 4.69) is 11.9 Å². The van der Waals surface area contributed by atoms with Crippen LogP contribution >= 0.6 is 10.2 Å². The van der Waals surface area contributed by atoms with E-state index in [0.29, 0.717) is 5.56 Å². The van der Waals surface area contributed by atoms with E-state index < -0.39 is 21.0 Å². The lowest BCUT2D eigenvalue weighted by Gasteiger charge is -2.40. The van der Waals surface area contributed by atoms with Gasteiger partial charge >= 0.3 is 10.2 Å². The predicted molar refractivity (Wildman–Crippen MR) is 94.4 cm³/mol. The molecule has 0 aliphatic carbocycles. The minimum absolute atomic E-state index is 0.0239. The van der Waals surface area contributed by atoms with Gasteiger partial charge in [-0.3, -0.25) is 4.79 Å². The molecule has 2 rings (SSSR count). The average molecular weight is 409 g/mol. The molecule has 0 saturated carbocycles. The third-order valence-corrected chi connectivity index (χ3v) is 4.72. The second kappa shape index (κ2) is 6.15. The average Bonchev–Trinajstić information content (AvgIpc) is 2.55. The van der Waals surface area contributed by atoms with E-state index in [1.807, 2.05) is 0 Å². The molecule has 2 N–H and O–H groups in total. The van der Waals surface area contributed by atoms with Gasteiger partial charge in [-0.15, -0.1) is 6.58 Å². The Balaban J connectivity index is 2.30. The van der Waals surface area contributed by atoms with Crippen molar-refractivity contribution in [3.63, 3.8) is 0 Å². The monoisotopic (exact) mass is 409 g/mol. The van der Waals surface area contributed by atoms with Gasteiger partial charge in [0.15, 0.2) is 11.5 Å². The number of allylic oxidation sites excluding steroid dienone is 1. The van der Waals surface area contributed by atoms with Crippen molar-refractivity contribution >= 4 is 21.8 Å². The number of ether oxygens (including phenoxy) is 1. The third kappa shape index (κ3) is 4.91. The summed E-state index contributed by atoms with van der Waals surface area (Å²) in [4.78, 5) is 10.3. The molecule has 2 aromatic carbocycles. The summed E-state index contributed by atoms with van der Waals surface area (Å²) in [5.74, 6) is -0.872. The normalized spacial score (nSPS) is 14.0. The largest absolute Gasteiger partial charge is 0.504 e. The number of rotatable bonds is 6.